The number of nitrogens with zero attached hydrogens (tertiary/aromatic N) is 1. The van der Waals surface area contributed by atoms with Crippen LogP contribution in [0.1, 0.15) is 51.4 Å². The SMILES string of the molecule is Cl.NCC1CCCN(CC2CCCCCC2)C1. The van der Waals surface area contributed by atoms with Crippen molar-refractivity contribution in [3.8, 4) is 0 Å². The van der Waals surface area contributed by atoms with Crippen LogP contribution in [0, 0.1) is 11.8 Å². The van der Waals surface area contributed by atoms with E-state index in [4.69, 9.17) is 5.73 Å². The summed E-state index contributed by atoms with van der Waals surface area (Å²) in [5, 5.41) is 0. The number of hydrogen-bond acceptors (Lipinski definition) is 2. The van der Waals surface area contributed by atoms with Gasteiger partial charge in [-0.2, -0.15) is 0 Å². The van der Waals surface area contributed by atoms with Gasteiger partial charge in [-0.1, -0.05) is 25.7 Å². The van der Waals surface area contributed by atoms with E-state index in [0.29, 0.717) is 0 Å². The van der Waals surface area contributed by atoms with Crippen LogP contribution in [0.4, 0.5) is 0 Å². The number of likely N-dealkylation sites (tertiary alicyclic amines) is 1. The van der Waals surface area contributed by atoms with E-state index in [9.17, 15) is 0 Å². The second kappa shape index (κ2) is 8.34. The first-order chi connectivity index (χ1) is 7.88. The minimum atomic E-state index is 0. The Labute approximate surface area is 113 Å². The molecule has 2 N–H and O–H groups in total. The molecular formula is C14H29ClN2. The maximum absolute atomic E-state index is 5.80. The Morgan fingerprint density at radius 3 is 2.18 bits per heavy atom. The lowest BCUT2D eigenvalue weighted by Gasteiger charge is -2.34. The highest BCUT2D eigenvalue weighted by Crippen LogP contribution is 2.25. The summed E-state index contributed by atoms with van der Waals surface area (Å²) in [7, 11) is 0. The van der Waals surface area contributed by atoms with Crippen molar-refractivity contribution in [3.63, 3.8) is 0 Å². The van der Waals surface area contributed by atoms with Gasteiger partial charge in [0, 0.05) is 13.1 Å². The minimum absolute atomic E-state index is 0. The number of halogens is 1. The van der Waals surface area contributed by atoms with Crippen LogP contribution in [0.15, 0.2) is 0 Å². The highest BCUT2D eigenvalue weighted by molar-refractivity contribution is 5.85. The second-order valence-electron chi connectivity index (χ2n) is 5.86. The summed E-state index contributed by atoms with van der Waals surface area (Å²) in [6.07, 6.45) is 11.6. The average Bonchev–Trinajstić information content (AvgIpc) is 2.58. The van der Waals surface area contributed by atoms with Crippen molar-refractivity contribution in [3.05, 3.63) is 0 Å². The molecule has 0 amide bonds. The molecule has 2 fully saturated rings. The molecule has 1 atom stereocenters. The third kappa shape index (κ3) is 5.15. The van der Waals surface area contributed by atoms with Gasteiger partial charge < -0.3 is 10.6 Å². The van der Waals surface area contributed by atoms with E-state index >= 15 is 0 Å². The van der Waals surface area contributed by atoms with Gasteiger partial charge in [-0.25, -0.2) is 0 Å². The van der Waals surface area contributed by atoms with Crippen LogP contribution in [-0.4, -0.2) is 31.1 Å². The summed E-state index contributed by atoms with van der Waals surface area (Å²) in [4.78, 5) is 2.69. The van der Waals surface area contributed by atoms with Crippen LogP contribution in [0.5, 0.6) is 0 Å². The highest BCUT2D eigenvalue weighted by atomic mass is 35.5. The molecule has 102 valence electrons. The van der Waals surface area contributed by atoms with Crippen molar-refractivity contribution in [1.82, 2.24) is 4.90 Å². The Bertz CT molecular complexity index is 191. The van der Waals surface area contributed by atoms with Crippen molar-refractivity contribution in [2.75, 3.05) is 26.2 Å². The van der Waals surface area contributed by atoms with Gasteiger partial charge in [0.25, 0.3) is 0 Å². The van der Waals surface area contributed by atoms with Crippen LogP contribution in [0.3, 0.4) is 0 Å². The van der Waals surface area contributed by atoms with Crippen LogP contribution in [0.2, 0.25) is 0 Å². The van der Waals surface area contributed by atoms with Crippen molar-refractivity contribution in [1.29, 1.82) is 0 Å². The lowest BCUT2D eigenvalue weighted by atomic mass is 9.95. The Kier molecular flexibility index (Phi) is 7.49. The van der Waals surface area contributed by atoms with Gasteiger partial charge in [0.2, 0.25) is 0 Å². The lowest BCUT2D eigenvalue weighted by Crippen LogP contribution is -2.40. The van der Waals surface area contributed by atoms with Crippen LogP contribution in [0.25, 0.3) is 0 Å². The molecule has 17 heavy (non-hydrogen) atoms. The molecule has 0 aromatic carbocycles. The first-order valence-corrected chi connectivity index (χ1v) is 7.31. The average molecular weight is 261 g/mol. The number of piperidine rings is 1. The Hall–Kier alpha value is 0.210. The molecule has 1 heterocycles. The zero-order chi connectivity index (χ0) is 11.2. The first kappa shape index (κ1) is 15.3. The van der Waals surface area contributed by atoms with E-state index in [1.54, 1.807) is 0 Å². The smallest absolute Gasteiger partial charge is 0.00218 e. The molecule has 1 saturated carbocycles. The largest absolute Gasteiger partial charge is 0.330 e. The maximum Gasteiger partial charge on any atom is 0.00218 e. The van der Waals surface area contributed by atoms with Crippen LogP contribution < -0.4 is 5.73 Å². The molecule has 0 radical (unpaired) electrons. The van der Waals surface area contributed by atoms with Crippen LogP contribution in [-0.2, 0) is 0 Å². The molecule has 2 rings (SSSR count). The summed E-state index contributed by atoms with van der Waals surface area (Å²) in [6.45, 7) is 4.84. The zero-order valence-corrected chi connectivity index (χ0v) is 11.9. The minimum Gasteiger partial charge on any atom is -0.330 e. The monoisotopic (exact) mass is 260 g/mol. The van der Waals surface area contributed by atoms with Gasteiger partial charge in [0.05, 0.1) is 0 Å². The van der Waals surface area contributed by atoms with Gasteiger partial charge in [-0.05, 0) is 50.6 Å². The molecule has 1 aliphatic heterocycles. The van der Waals surface area contributed by atoms with E-state index in [0.717, 1.165) is 18.4 Å². The standard InChI is InChI=1S/C14H28N2.ClH/c15-10-14-8-5-9-16(12-14)11-13-6-3-1-2-4-7-13;/h13-14H,1-12,15H2;1H. The molecule has 0 aromatic heterocycles. The molecule has 1 aliphatic carbocycles. The first-order valence-electron chi connectivity index (χ1n) is 7.31. The fourth-order valence-corrected chi connectivity index (χ4v) is 3.42. The van der Waals surface area contributed by atoms with Gasteiger partial charge in [0.15, 0.2) is 0 Å². The summed E-state index contributed by atoms with van der Waals surface area (Å²) in [5.74, 6) is 1.76. The van der Waals surface area contributed by atoms with Crippen molar-refractivity contribution in [2.45, 2.75) is 51.4 Å². The lowest BCUT2D eigenvalue weighted by molar-refractivity contribution is 0.149. The van der Waals surface area contributed by atoms with E-state index in [1.165, 1.54) is 71.0 Å². The quantitative estimate of drug-likeness (QED) is 0.791. The summed E-state index contributed by atoms with van der Waals surface area (Å²) < 4.78 is 0. The predicted molar refractivity (Wildman–Crippen MR) is 76.7 cm³/mol. The van der Waals surface area contributed by atoms with Crippen molar-refractivity contribution in [2.24, 2.45) is 17.6 Å². The van der Waals surface area contributed by atoms with E-state index in [1.807, 2.05) is 0 Å². The topological polar surface area (TPSA) is 29.3 Å². The van der Waals surface area contributed by atoms with Gasteiger partial charge in [-0.15, -0.1) is 12.4 Å². The van der Waals surface area contributed by atoms with Gasteiger partial charge in [0.1, 0.15) is 0 Å². The molecule has 2 aliphatic rings. The van der Waals surface area contributed by atoms with E-state index in [-0.39, 0.29) is 12.4 Å². The van der Waals surface area contributed by atoms with Gasteiger partial charge in [-0.3, -0.25) is 0 Å². The fraction of sp³-hybridized carbons (Fsp3) is 1.00. The highest BCUT2D eigenvalue weighted by Gasteiger charge is 2.21. The molecule has 1 unspecified atom stereocenters. The molecule has 0 aromatic rings. The molecule has 0 bridgehead atoms. The Morgan fingerprint density at radius 1 is 0.882 bits per heavy atom. The fourth-order valence-electron chi connectivity index (χ4n) is 3.42. The van der Waals surface area contributed by atoms with Crippen molar-refractivity contribution >= 4 is 12.4 Å². The van der Waals surface area contributed by atoms with Crippen LogP contribution >= 0.6 is 12.4 Å². The van der Waals surface area contributed by atoms with E-state index < -0.39 is 0 Å². The van der Waals surface area contributed by atoms with E-state index in [2.05, 4.69) is 4.90 Å². The predicted octanol–water partition coefficient (Wildman–Crippen LogP) is 3.05. The number of hydrogen-bond donors (Lipinski definition) is 1. The number of rotatable bonds is 3. The summed E-state index contributed by atoms with van der Waals surface area (Å²) >= 11 is 0. The second-order valence-corrected chi connectivity index (χ2v) is 5.86. The zero-order valence-electron chi connectivity index (χ0n) is 11.1. The molecule has 2 nitrogen and oxygen atoms in total. The number of nitrogens with two attached hydrogens (primary N) is 1. The van der Waals surface area contributed by atoms with Crippen molar-refractivity contribution < 1.29 is 0 Å². The Balaban J connectivity index is 0.00000144. The molecular weight excluding hydrogens is 232 g/mol. The normalized spacial score (nSPS) is 28.4. The summed E-state index contributed by atoms with van der Waals surface area (Å²) in [6, 6.07) is 0. The molecule has 0 spiro atoms. The third-order valence-electron chi connectivity index (χ3n) is 4.43. The maximum atomic E-state index is 5.80. The third-order valence-corrected chi connectivity index (χ3v) is 4.43. The molecule has 3 heteroatoms. The summed E-state index contributed by atoms with van der Waals surface area (Å²) in [5.41, 5.74) is 5.80. The Morgan fingerprint density at radius 2 is 1.53 bits per heavy atom. The van der Waals surface area contributed by atoms with Gasteiger partial charge >= 0.3 is 0 Å². The molecule has 1 saturated heterocycles.